The van der Waals surface area contributed by atoms with Crippen molar-refractivity contribution in [2.24, 2.45) is 0 Å². The Hall–Kier alpha value is -0.820. The van der Waals surface area contributed by atoms with Crippen LogP contribution in [0.5, 0.6) is 0 Å². The summed E-state index contributed by atoms with van der Waals surface area (Å²) in [6, 6.07) is 6.62. The van der Waals surface area contributed by atoms with Gasteiger partial charge in [-0.2, -0.15) is 0 Å². The van der Waals surface area contributed by atoms with Gasteiger partial charge in [0.25, 0.3) is 0 Å². The minimum absolute atomic E-state index is 0.255. The molecule has 0 heterocycles. The highest BCUT2D eigenvalue weighted by Crippen LogP contribution is 2.26. The molecule has 1 N–H and O–H groups in total. The van der Waals surface area contributed by atoms with Gasteiger partial charge in [0, 0.05) is 0 Å². The van der Waals surface area contributed by atoms with Crippen molar-refractivity contribution in [2.75, 3.05) is 0 Å². The first-order valence-corrected chi connectivity index (χ1v) is 7.61. The Kier molecular flexibility index (Phi) is 5.25. The largest absolute Gasteiger partial charge is 0.388 e. The first-order chi connectivity index (χ1) is 8.81. The fourth-order valence-corrected chi connectivity index (χ4v) is 2.89. The number of benzene rings is 1. The minimum atomic E-state index is -0.255. The summed E-state index contributed by atoms with van der Waals surface area (Å²) in [6.07, 6.45) is 10.7. The van der Waals surface area contributed by atoms with E-state index in [-0.39, 0.29) is 6.10 Å². The van der Waals surface area contributed by atoms with Crippen LogP contribution in [0.2, 0.25) is 0 Å². The molecule has 1 aliphatic rings. The van der Waals surface area contributed by atoms with E-state index in [2.05, 4.69) is 25.1 Å². The van der Waals surface area contributed by atoms with Crippen LogP contribution in [0.3, 0.4) is 0 Å². The van der Waals surface area contributed by atoms with Crippen molar-refractivity contribution in [3.63, 3.8) is 0 Å². The van der Waals surface area contributed by atoms with E-state index in [4.69, 9.17) is 0 Å². The molecule has 0 aromatic heterocycles. The molecule has 0 radical (unpaired) electrons. The fraction of sp³-hybridized carbons (Fsp3) is 0.647. The molecule has 0 amide bonds. The van der Waals surface area contributed by atoms with Gasteiger partial charge in [0.15, 0.2) is 0 Å². The van der Waals surface area contributed by atoms with E-state index in [1.165, 1.54) is 56.1 Å². The molecule has 1 atom stereocenters. The number of hydrogen-bond donors (Lipinski definition) is 1. The average Bonchev–Trinajstić information content (AvgIpc) is 2.43. The van der Waals surface area contributed by atoms with Crippen molar-refractivity contribution in [3.05, 3.63) is 34.9 Å². The molecule has 0 saturated heterocycles. The van der Waals surface area contributed by atoms with Gasteiger partial charge >= 0.3 is 0 Å². The normalized spacial score (nSPS) is 16.3. The lowest BCUT2D eigenvalue weighted by molar-refractivity contribution is 0.163. The van der Waals surface area contributed by atoms with E-state index in [0.29, 0.717) is 0 Å². The molecule has 1 aromatic carbocycles. The molecule has 1 aliphatic carbocycles. The smallest absolute Gasteiger partial charge is 0.0790 e. The lowest BCUT2D eigenvalue weighted by atomic mass is 9.89. The van der Waals surface area contributed by atoms with E-state index in [0.717, 1.165) is 18.4 Å². The topological polar surface area (TPSA) is 20.2 Å². The molecule has 18 heavy (non-hydrogen) atoms. The van der Waals surface area contributed by atoms with Crippen LogP contribution in [0, 0.1) is 0 Å². The summed E-state index contributed by atoms with van der Waals surface area (Å²) in [5.41, 5.74) is 4.11. The van der Waals surface area contributed by atoms with Crippen LogP contribution in [0.4, 0.5) is 0 Å². The fourth-order valence-electron chi connectivity index (χ4n) is 2.89. The molecule has 1 unspecified atom stereocenters. The second kappa shape index (κ2) is 6.94. The van der Waals surface area contributed by atoms with Crippen molar-refractivity contribution >= 4 is 0 Å². The third kappa shape index (κ3) is 3.58. The Bertz CT molecular complexity index is 370. The lowest BCUT2D eigenvalue weighted by Gasteiger charge is -2.18. The Balaban J connectivity index is 1.91. The summed E-state index contributed by atoms with van der Waals surface area (Å²) in [4.78, 5) is 0. The van der Waals surface area contributed by atoms with Crippen molar-refractivity contribution in [2.45, 2.75) is 70.8 Å². The van der Waals surface area contributed by atoms with E-state index < -0.39 is 0 Å². The number of unbranched alkanes of at least 4 members (excludes halogenated alkanes) is 3. The summed E-state index contributed by atoms with van der Waals surface area (Å²) in [5.74, 6) is 0. The first kappa shape index (κ1) is 13.6. The number of rotatable bonds is 6. The maximum atomic E-state index is 10.2. The van der Waals surface area contributed by atoms with E-state index in [1.54, 1.807) is 0 Å². The van der Waals surface area contributed by atoms with Gasteiger partial charge in [0.2, 0.25) is 0 Å². The Labute approximate surface area is 111 Å². The van der Waals surface area contributed by atoms with Gasteiger partial charge < -0.3 is 5.11 Å². The van der Waals surface area contributed by atoms with Crippen LogP contribution >= 0.6 is 0 Å². The SMILES string of the molecule is CCCCCCC(O)c1ccc2c(c1)CCCC2. The standard InChI is InChI=1S/C17H26O/c1-2-3-4-5-10-17(18)16-12-11-14-8-6-7-9-15(14)13-16/h11-13,17-18H,2-10H2,1H3. The molecule has 0 saturated carbocycles. The second-order valence-corrected chi connectivity index (χ2v) is 5.60. The van der Waals surface area contributed by atoms with E-state index in [9.17, 15) is 5.11 Å². The molecule has 0 spiro atoms. The van der Waals surface area contributed by atoms with Gasteiger partial charge in [0.1, 0.15) is 0 Å². The number of aliphatic hydroxyl groups excluding tert-OH is 1. The number of aliphatic hydroxyl groups is 1. The van der Waals surface area contributed by atoms with Crippen molar-refractivity contribution in [1.82, 2.24) is 0 Å². The zero-order valence-corrected chi connectivity index (χ0v) is 11.6. The molecule has 100 valence electrons. The van der Waals surface area contributed by atoms with Crippen LogP contribution in [-0.2, 0) is 12.8 Å². The van der Waals surface area contributed by atoms with Crippen LogP contribution in [-0.4, -0.2) is 5.11 Å². The van der Waals surface area contributed by atoms with E-state index >= 15 is 0 Å². The summed E-state index contributed by atoms with van der Waals surface area (Å²) in [6.45, 7) is 2.22. The van der Waals surface area contributed by atoms with Gasteiger partial charge in [-0.1, -0.05) is 50.8 Å². The van der Waals surface area contributed by atoms with Crippen LogP contribution in [0.25, 0.3) is 0 Å². The zero-order chi connectivity index (χ0) is 12.8. The number of aryl methyl sites for hydroxylation is 2. The quantitative estimate of drug-likeness (QED) is 0.729. The highest BCUT2D eigenvalue weighted by atomic mass is 16.3. The van der Waals surface area contributed by atoms with Gasteiger partial charge in [-0.15, -0.1) is 0 Å². The molecule has 0 aliphatic heterocycles. The Morgan fingerprint density at radius 1 is 1.06 bits per heavy atom. The molecule has 0 bridgehead atoms. The molecular formula is C17H26O. The summed E-state index contributed by atoms with van der Waals surface area (Å²) in [7, 11) is 0. The average molecular weight is 246 g/mol. The Morgan fingerprint density at radius 3 is 2.61 bits per heavy atom. The van der Waals surface area contributed by atoms with Crippen molar-refractivity contribution < 1.29 is 5.11 Å². The molecule has 1 aromatic rings. The lowest BCUT2D eigenvalue weighted by Crippen LogP contribution is -2.05. The number of fused-ring (bicyclic) bond motifs is 1. The molecule has 1 heteroatoms. The second-order valence-electron chi connectivity index (χ2n) is 5.60. The summed E-state index contributed by atoms with van der Waals surface area (Å²) >= 11 is 0. The maximum absolute atomic E-state index is 10.2. The maximum Gasteiger partial charge on any atom is 0.0790 e. The highest BCUT2D eigenvalue weighted by molar-refractivity contribution is 5.34. The highest BCUT2D eigenvalue weighted by Gasteiger charge is 2.13. The first-order valence-electron chi connectivity index (χ1n) is 7.61. The van der Waals surface area contributed by atoms with Crippen LogP contribution in [0.1, 0.15) is 74.7 Å². The minimum Gasteiger partial charge on any atom is -0.388 e. The van der Waals surface area contributed by atoms with Gasteiger partial charge in [-0.3, -0.25) is 0 Å². The number of hydrogen-bond acceptors (Lipinski definition) is 1. The van der Waals surface area contributed by atoms with E-state index in [1.807, 2.05) is 0 Å². The van der Waals surface area contributed by atoms with Gasteiger partial charge in [0.05, 0.1) is 6.10 Å². The zero-order valence-electron chi connectivity index (χ0n) is 11.6. The molecule has 1 nitrogen and oxygen atoms in total. The summed E-state index contributed by atoms with van der Waals surface area (Å²) < 4.78 is 0. The van der Waals surface area contributed by atoms with Crippen LogP contribution < -0.4 is 0 Å². The van der Waals surface area contributed by atoms with Crippen molar-refractivity contribution in [1.29, 1.82) is 0 Å². The van der Waals surface area contributed by atoms with Crippen molar-refractivity contribution in [3.8, 4) is 0 Å². The molecular weight excluding hydrogens is 220 g/mol. The third-order valence-electron chi connectivity index (χ3n) is 4.09. The Morgan fingerprint density at radius 2 is 1.83 bits per heavy atom. The predicted molar refractivity (Wildman–Crippen MR) is 76.8 cm³/mol. The monoisotopic (exact) mass is 246 g/mol. The van der Waals surface area contributed by atoms with Crippen LogP contribution in [0.15, 0.2) is 18.2 Å². The molecule has 2 rings (SSSR count). The van der Waals surface area contributed by atoms with Gasteiger partial charge in [-0.25, -0.2) is 0 Å². The predicted octanol–water partition coefficient (Wildman–Crippen LogP) is 4.57. The van der Waals surface area contributed by atoms with Gasteiger partial charge in [-0.05, 0) is 48.8 Å². The third-order valence-corrected chi connectivity index (χ3v) is 4.09. The summed E-state index contributed by atoms with van der Waals surface area (Å²) in [5, 5.41) is 10.2. The molecule has 0 fully saturated rings.